The van der Waals surface area contributed by atoms with Crippen LogP contribution in [-0.4, -0.2) is 80.1 Å². The number of hydrogen-bond acceptors (Lipinski definition) is 8. The van der Waals surface area contributed by atoms with Gasteiger partial charge in [-0.15, -0.1) is 0 Å². The van der Waals surface area contributed by atoms with Gasteiger partial charge in [-0.25, -0.2) is 0 Å². The third-order valence-corrected chi connectivity index (χ3v) is 8.32. The summed E-state index contributed by atoms with van der Waals surface area (Å²) in [6, 6.07) is 3.59. The summed E-state index contributed by atoms with van der Waals surface area (Å²) in [5.41, 5.74) is 0.440. The van der Waals surface area contributed by atoms with Gasteiger partial charge in [0.05, 0.1) is 43.2 Å². The summed E-state index contributed by atoms with van der Waals surface area (Å²) in [6.45, 7) is 5.84. The van der Waals surface area contributed by atoms with Gasteiger partial charge in [-0.2, -0.15) is 0 Å². The predicted molar refractivity (Wildman–Crippen MR) is 175 cm³/mol. The number of imide groups is 2. The fraction of sp³-hybridized carbons (Fsp3) is 0.686. The summed E-state index contributed by atoms with van der Waals surface area (Å²) in [5.74, 6) is -2.63. The smallest absolute Gasteiger partial charge is 0.264 e. The lowest BCUT2D eigenvalue weighted by Crippen LogP contribution is -2.54. The second-order valence-electron chi connectivity index (χ2n) is 12.1. The highest BCUT2D eigenvalue weighted by Crippen LogP contribution is 2.32. The average molecular weight is 644 g/mol. The van der Waals surface area contributed by atoms with Crippen LogP contribution in [0.15, 0.2) is 18.2 Å². The number of rotatable bonds is 25. The molecule has 1 unspecified atom stereocenters. The number of piperidine rings is 1. The number of amides is 5. The Bertz CT molecular complexity index is 1140. The average Bonchev–Trinajstić information content (AvgIpc) is 3.29. The molecule has 2 N–H and O–H groups in total. The standard InChI is InChI=1S/C35H53N3O8/c1-2-3-4-5-6-7-8-9-10-13-21-44-23-25-46-26-24-45-22-14-11-12-18-30(39)36-28-17-15-16-27-32(28)35(43)38(34(27)42)29-19-20-31(40)37-33(29)41/h15-17,29H,2-14,18-26H2,1H3,(H,36,39)(H,37,40,41). The number of nitrogens with zero attached hydrogens (tertiary/aromatic N) is 1. The number of carbonyl (C=O) groups is 5. The lowest BCUT2D eigenvalue weighted by Gasteiger charge is -2.27. The van der Waals surface area contributed by atoms with Gasteiger partial charge < -0.3 is 19.5 Å². The van der Waals surface area contributed by atoms with Crippen LogP contribution in [0.25, 0.3) is 0 Å². The van der Waals surface area contributed by atoms with Crippen molar-refractivity contribution in [1.29, 1.82) is 0 Å². The summed E-state index contributed by atoms with van der Waals surface area (Å²) in [4.78, 5) is 63.4. The Hall–Kier alpha value is -3.15. The number of anilines is 1. The molecule has 1 saturated heterocycles. The Morgan fingerprint density at radius 1 is 0.761 bits per heavy atom. The first-order valence-electron chi connectivity index (χ1n) is 17.3. The zero-order chi connectivity index (χ0) is 33.0. The number of benzene rings is 1. The van der Waals surface area contributed by atoms with Crippen LogP contribution in [0, 0.1) is 0 Å². The van der Waals surface area contributed by atoms with Gasteiger partial charge in [0.1, 0.15) is 6.04 Å². The molecule has 11 nitrogen and oxygen atoms in total. The van der Waals surface area contributed by atoms with Crippen LogP contribution in [0.4, 0.5) is 5.69 Å². The van der Waals surface area contributed by atoms with Crippen molar-refractivity contribution in [3.63, 3.8) is 0 Å². The Morgan fingerprint density at radius 2 is 1.33 bits per heavy atom. The van der Waals surface area contributed by atoms with E-state index in [1.165, 1.54) is 63.9 Å². The van der Waals surface area contributed by atoms with Crippen LogP contribution in [-0.2, 0) is 28.6 Å². The van der Waals surface area contributed by atoms with E-state index >= 15 is 0 Å². The molecule has 5 amide bonds. The predicted octanol–water partition coefficient (Wildman–Crippen LogP) is 5.56. The first kappa shape index (κ1) is 37.3. The summed E-state index contributed by atoms with van der Waals surface area (Å²) in [7, 11) is 0. The second kappa shape index (κ2) is 21.6. The maximum atomic E-state index is 13.2. The quantitative estimate of drug-likeness (QED) is 0.104. The molecule has 1 aromatic carbocycles. The molecule has 0 aromatic heterocycles. The highest BCUT2D eigenvalue weighted by molar-refractivity contribution is 6.26. The van der Waals surface area contributed by atoms with Crippen molar-refractivity contribution < 1.29 is 38.2 Å². The van der Waals surface area contributed by atoms with Crippen LogP contribution < -0.4 is 10.6 Å². The molecule has 46 heavy (non-hydrogen) atoms. The molecule has 2 aliphatic heterocycles. The number of fused-ring (bicyclic) bond motifs is 1. The second-order valence-corrected chi connectivity index (χ2v) is 12.1. The molecule has 0 aliphatic carbocycles. The molecule has 0 saturated carbocycles. The van der Waals surface area contributed by atoms with Gasteiger partial charge >= 0.3 is 0 Å². The molecule has 11 heteroatoms. The number of nitrogens with one attached hydrogen (secondary N) is 2. The van der Waals surface area contributed by atoms with Crippen LogP contribution in [0.3, 0.4) is 0 Å². The topological polar surface area (TPSA) is 140 Å². The van der Waals surface area contributed by atoms with Crippen molar-refractivity contribution in [2.75, 3.05) is 45.0 Å². The SMILES string of the molecule is CCCCCCCCCCCCOCCOCCOCCCCCC(=O)Nc1cccc2c1C(=O)N(C1CCC(=O)NC1=O)C2=O. The largest absolute Gasteiger partial charge is 0.379 e. The summed E-state index contributed by atoms with van der Waals surface area (Å²) in [5, 5.41) is 4.92. The minimum absolute atomic E-state index is 0.0428. The summed E-state index contributed by atoms with van der Waals surface area (Å²) >= 11 is 0. The van der Waals surface area contributed by atoms with Gasteiger partial charge in [-0.1, -0.05) is 77.2 Å². The maximum absolute atomic E-state index is 13.2. The maximum Gasteiger partial charge on any atom is 0.264 e. The number of unbranched alkanes of at least 4 members (excludes halogenated alkanes) is 11. The van der Waals surface area contributed by atoms with Crippen LogP contribution in [0.1, 0.15) is 130 Å². The first-order valence-corrected chi connectivity index (χ1v) is 17.3. The van der Waals surface area contributed by atoms with Crippen molar-refractivity contribution in [2.45, 2.75) is 116 Å². The normalized spacial score (nSPS) is 16.2. The van der Waals surface area contributed by atoms with Crippen LogP contribution in [0.5, 0.6) is 0 Å². The van der Waals surface area contributed by atoms with E-state index < -0.39 is 29.7 Å². The molecule has 3 rings (SSSR count). The van der Waals surface area contributed by atoms with E-state index in [4.69, 9.17) is 14.2 Å². The molecule has 0 radical (unpaired) electrons. The van der Waals surface area contributed by atoms with Gasteiger partial charge in [0.25, 0.3) is 11.8 Å². The minimum Gasteiger partial charge on any atom is -0.379 e. The first-order chi connectivity index (χ1) is 22.4. The van der Waals surface area contributed by atoms with Gasteiger partial charge in [0.15, 0.2) is 0 Å². The summed E-state index contributed by atoms with van der Waals surface area (Å²) < 4.78 is 16.8. The van der Waals surface area contributed by atoms with Crippen molar-refractivity contribution >= 4 is 35.2 Å². The van der Waals surface area contributed by atoms with Crippen molar-refractivity contribution in [3.8, 4) is 0 Å². The Labute approximate surface area is 273 Å². The van der Waals surface area contributed by atoms with Crippen LogP contribution >= 0.6 is 0 Å². The fourth-order valence-corrected chi connectivity index (χ4v) is 5.73. The zero-order valence-corrected chi connectivity index (χ0v) is 27.6. The Balaban J connectivity index is 1.16. The fourth-order valence-electron chi connectivity index (χ4n) is 5.73. The van der Waals surface area contributed by atoms with Gasteiger partial charge in [0.2, 0.25) is 17.7 Å². The number of carbonyl (C=O) groups excluding carboxylic acids is 5. The van der Waals surface area contributed by atoms with E-state index in [0.29, 0.717) is 39.5 Å². The Morgan fingerprint density at radius 3 is 1.93 bits per heavy atom. The van der Waals surface area contributed by atoms with E-state index in [2.05, 4.69) is 17.6 Å². The van der Waals surface area contributed by atoms with Crippen molar-refractivity contribution in [1.82, 2.24) is 10.2 Å². The van der Waals surface area contributed by atoms with Crippen molar-refractivity contribution in [3.05, 3.63) is 29.3 Å². The molecule has 0 spiro atoms. The van der Waals surface area contributed by atoms with Gasteiger partial charge in [-0.3, -0.25) is 34.2 Å². The van der Waals surface area contributed by atoms with Gasteiger partial charge in [-0.05, 0) is 37.8 Å². The number of ether oxygens (including phenoxy) is 3. The number of hydrogen-bond donors (Lipinski definition) is 2. The van der Waals surface area contributed by atoms with Gasteiger partial charge in [0, 0.05) is 26.1 Å². The van der Waals surface area contributed by atoms with E-state index in [-0.39, 0.29) is 42.0 Å². The minimum atomic E-state index is -1.06. The third kappa shape index (κ3) is 12.6. The lowest BCUT2D eigenvalue weighted by molar-refractivity contribution is -0.136. The molecule has 2 heterocycles. The molecular formula is C35H53N3O8. The van der Waals surface area contributed by atoms with E-state index in [1.54, 1.807) is 12.1 Å². The monoisotopic (exact) mass is 643 g/mol. The molecule has 1 aromatic rings. The van der Waals surface area contributed by atoms with E-state index in [9.17, 15) is 24.0 Å². The highest BCUT2D eigenvalue weighted by Gasteiger charge is 2.45. The summed E-state index contributed by atoms with van der Waals surface area (Å²) in [6.07, 6.45) is 15.8. The molecule has 1 atom stereocenters. The van der Waals surface area contributed by atoms with Crippen molar-refractivity contribution in [2.24, 2.45) is 0 Å². The molecule has 2 aliphatic rings. The van der Waals surface area contributed by atoms with Crippen LogP contribution in [0.2, 0.25) is 0 Å². The highest BCUT2D eigenvalue weighted by atomic mass is 16.5. The zero-order valence-electron chi connectivity index (χ0n) is 27.6. The molecular weight excluding hydrogens is 590 g/mol. The molecule has 1 fully saturated rings. The van der Waals surface area contributed by atoms with E-state index in [0.717, 1.165) is 30.8 Å². The molecule has 0 bridgehead atoms. The third-order valence-electron chi connectivity index (χ3n) is 8.32. The lowest BCUT2D eigenvalue weighted by atomic mass is 10.0. The molecule has 256 valence electrons. The van der Waals surface area contributed by atoms with E-state index in [1.807, 2.05) is 0 Å². The Kier molecular flexibility index (Phi) is 17.5.